The third-order valence-corrected chi connectivity index (χ3v) is 5.28. The number of hydrogen-bond donors (Lipinski definition) is 0. The molecule has 0 spiro atoms. The highest BCUT2D eigenvalue weighted by Gasteiger charge is 2.35. The Morgan fingerprint density at radius 1 is 1.32 bits per heavy atom. The van der Waals surface area contributed by atoms with E-state index < -0.39 is 6.23 Å². The molecule has 1 unspecified atom stereocenters. The average molecular weight is 628 g/mol. The summed E-state index contributed by atoms with van der Waals surface area (Å²) in [5, 5.41) is 5.70. The lowest BCUT2D eigenvalue weighted by molar-refractivity contribution is -0.135. The maximum Gasteiger partial charge on any atom is 0.244 e. The van der Waals surface area contributed by atoms with Crippen molar-refractivity contribution in [2.24, 2.45) is 5.10 Å². The third-order valence-electron chi connectivity index (χ3n) is 3.42. The molecule has 9 heteroatoms. The summed E-state index contributed by atoms with van der Waals surface area (Å²) >= 11 is 7.81. The molecule has 3 rings (SSSR count). The lowest BCUT2D eigenvalue weighted by Gasteiger charge is -2.19. The molecule has 6 nitrogen and oxygen atoms in total. The number of halogens is 3. The molecule has 2 heterocycles. The Balaban J connectivity index is 2.05. The minimum Gasteiger partial charge on any atom is -0.495 e. The predicted molar refractivity (Wildman–Crippen MR) is 113 cm³/mol. The van der Waals surface area contributed by atoms with Crippen molar-refractivity contribution in [2.75, 3.05) is 7.11 Å². The number of aromatic nitrogens is 1. The first-order valence-electron chi connectivity index (χ1n) is 7.09. The van der Waals surface area contributed by atoms with Gasteiger partial charge in [-0.05, 0) is 79.3 Å². The minimum absolute atomic E-state index is 0.223. The molecule has 1 aliphatic rings. The van der Waals surface area contributed by atoms with Gasteiger partial charge in [-0.3, -0.25) is 9.78 Å². The maximum atomic E-state index is 12.1. The van der Waals surface area contributed by atoms with E-state index in [0.717, 1.165) is 17.2 Å². The average Bonchev–Trinajstić information content (AvgIpc) is 2.99. The van der Waals surface area contributed by atoms with Crippen LogP contribution in [-0.2, 0) is 9.53 Å². The summed E-state index contributed by atoms with van der Waals surface area (Å²) in [6.07, 6.45) is 2.65. The Bertz CT molecular complexity index is 876. The summed E-state index contributed by atoms with van der Waals surface area (Å²) in [6.45, 7) is 1.45. The number of carbonyl (C=O) groups is 1. The van der Waals surface area contributed by atoms with Crippen LogP contribution in [0, 0.1) is 7.14 Å². The van der Waals surface area contributed by atoms with Gasteiger partial charge in [-0.25, -0.2) is 0 Å². The summed E-state index contributed by atoms with van der Waals surface area (Å²) in [4.78, 5) is 16.2. The summed E-state index contributed by atoms with van der Waals surface area (Å²) in [5.41, 5.74) is 1.43. The van der Waals surface area contributed by atoms with E-state index in [1.165, 1.54) is 11.9 Å². The van der Waals surface area contributed by atoms with Crippen LogP contribution in [0.1, 0.15) is 24.3 Å². The molecule has 0 bridgehead atoms. The van der Waals surface area contributed by atoms with Gasteiger partial charge in [-0.15, -0.1) is 5.10 Å². The zero-order valence-electron chi connectivity index (χ0n) is 13.2. The fourth-order valence-electron chi connectivity index (χ4n) is 2.38. The predicted octanol–water partition coefficient (Wildman–Crippen LogP) is 4.30. The zero-order chi connectivity index (χ0) is 18.1. The molecule has 0 saturated carbocycles. The van der Waals surface area contributed by atoms with Crippen molar-refractivity contribution >= 4 is 72.9 Å². The van der Waals surface area contributed by atoms with Crippen molar-refractivity contribution in [1.82, 2.24) is 9.99 Å². The largest absolute Gasteiger partial charge is 0.495 e. The number of rotatable bonds is 3. The van der Waals surface area contributed by atoms with Crippen LogP contribution in [-0.4, -0.2) is 28.9 Å². The molecule has 1 atom stereocenters. The first kappa shape index (κ1) is 18.8. The molecule has 0 radical (unpaired) electrons. The Morgan fingerprint density at radius 3 is 2.72 bits per heavy atom. The van der Waals surface area contributed by atoms with Crippen LogP contribution < -0.4 is 4.74 Å². The number of hydrogen-bond acceptors (Lipinski definition) is 5. The van der Waals surface area contributed by atoms with Crippen molar-refractivity contribution in [3.05, 3.63) is 53.3 Å². The SMILES string of the molecule is COc1c(I)cc(I)cc1C1=NN(C(C)=O)C(c2cncc(Br)c2)O1. The van der Waals surface area contributed by atoms with Crippen molar-refractivity contribution in [3.8, 4) is 5.75 Å². The standard InChI is InChI=1S/C16H12BrI2N3O3/c1-8(23)22-16(9-3-10(17)7-20-6-9)25-15(21-22)12-4-11(18)5-13(19)14(12)24-2/h3-7,16H,1-2H3. The molecule has 25 heavy (non-hydrogen) atoms. The van der Waals surface area contributed by atoms with Crippen molar-refractivity contribution < 1.29 is 14.3 Å². The Morgan fingerprint density at radius 2 is 2.08 bits per heavy atom. The molecule has 1 aromatic heterocycles. The number of ether oxygens (including phenoxy) is 2. The highest BCUT2D eigenvalue weighted by molar-refractivity contribution is 14.1. The van der Waals surface area contributed by atoms with Gasteiger partial charge in [0.1, 0.15) is 5.75 Å². The van der Waals surface area contributed by atoms with E-state index in [0.29, 0.717) is 17.2 Å². The van der Waals surface area contributed by atoms with Gasteiger partial charge in [0.25, 0.3) is 0 Å². The maximum absolute atomic E-state index is 12.1. The minimum atomic E-state index is -0.669. The van der Waals surface area contributed by atoms with E-state index in [2.05, 4.69) is 71.2 Å². The molecule has 0 saturated heterocycles. The van der Waals surface area contributed by atoms with Gasteiger partial charge >= 0.3 is 0 Å². The highest BCUT2D eigenvalue weighted by atomic mass is 127. The van der Waals surface area contributed by atoms with Crippen LogP contribution in [0.3, 0.4) is 0 Å². The molecule has 0 aliphatic carbocycles. The quantitative estimate of drug-likeness (QED) is 0.477. The monoisotopic (exact) mass is 627 g/mol. The lowest BCUT2D eigenvalue weighted by Crippen LogP contribution is -2.25. The fourth-order valence-corrected chi connectivity index (χ4v) is 4.83. The lowest BCUT2D eigenvalue weighted by atomic mass is 10.2. The van der Waals surface area contributed by atoms with Crippen molar-refractivity contribution in [2.45, 2.75) is 13.2 Å². The Kier molecular flexibility index (Phi) is 5.83. The van der Waals surface area contributed by atoms with Gasteiger partial charge in [-0.2, -0.15) is 5.01 Å². The van der Waals surface area contributed by atoms with Crippen LogP contribution in [0.25, 0.3) is 0 Å². The number of benzene rings is 1. The van der Waals surface area contributed by atoms with Gasteiger partial charge in [0.05, 0.1) is 16.2 Å². The van der Waals surface area contributed by atoms with Crippen LogP contribution in [0.2, 0.25) is 0 Å². The smallest absolute Gasteiger partial charge is 0.244 e. The van der Waals surface area contributed by atoms with Crippen LogP contribution in [0.4, 0.5) is 0 Å². The number of hydrazone groups is 1. The van der Waals surface area contributed by atoms with Gasteiger partial charge in [-0.1, -0.05) is 0 Å². The van der Waals surface area contributed by atoms with Gasteiger partial charge < -0.3 is 9.47 Å². The van der Waals surface area contributed by atoms with E-state index in [9.17, 15) is 4.79 Å². The Labute approximate surface area is 180 Å². The molecule has 0 N–H and O–H groups in total. The third kappa shape index (κ3) is 3.92. The molecule has 1 amide bonds. The number of amides is 1. The second-order valence-corrected chi connectivity index (χ2v) is 8.47. The molecule has 130 valence electrons. The van der Waals surface area contributed by atoms with Gasteiger partial charge in [0.15, 0.2) is 0 Å². The molecule has 2 aromatic rings. The number of nitrogens with zero attached hydrogens (tertiary/aromatic N) is 3. The van der Waals surface area contributed by atoms with Gasteiger partial charge in [0.2, 0.25) is 18.0 Å². The molecular formula is C16H12BrI2N3O3. The first-order chi connectivity index (χ1) is 11.9. The van der Waals surface area contributed by atoms with E-state index in [4.69, 9.17) is 9.47 Å². The number of methoxy groups -OCH3 is 1. The fraction of sp³-hybridized carbons (Fsp3) is 0.188. The van der Waals surface area contributed by atoms with E-state index in [-0.39, 0.29) is 5.91 Å². The number of pyridine rings is 1. The molecule has 1 aliphatic heterocycles. The van der Waals surface area contributed by atoms with Crippen LogP contribution in [0.5, 0.6) is 5.75 Å². The normalized spacial score (nSPS) is 16.4. The van der Waals surface area contributed by atoms with E-state index in [1.54, 1.807) is 19.5 Å². The zero-order valence-corrected chi connectivity index (χ0v) is 19.1. The topological polar surface area (TPSA) is 64.0 Å². The molecular weight excluding hydrogens is 616 g/mol. The molecule has 0 fully saturated rings. The molecule has 1 aromatic carbocycles. The van der Waals surface area contributed by atoms with E-state index >= 15 is 0 Å². The number of carbonyl (C=O) groups excluding carboxylic acids is 1. The second-order valence-electron chi connectivity index (χ2n) is 5.14. The highest BCUT2D eigenvalue weighted by Crippen LogP contribution is 2.35. The van der Waals surface area contributed by atoms with Crippen LogP contribution >= 0.6 is 61.1 Å². The second kappa shape index (κ2) is 7.74. The Hall–Kier alpha value is -0.950. The van der Waals surface area contributed by atoms with Crippen molar-refractivity contribution in [1.29, 1.82) is 0 Å². The van der Waals surface area contributed by atoms with Gasteiger partial charge in [0, 0.05) is 32.9 Å². The first-order valence-corrected chi connectivity index (χ1v) is 10.0. The summed E-state index contributed by atoms with van der Waals surface area (Å²) < 4.78 is 14.3. The van der Waals surface area contributed by atoms with Crippen LogP contribution in [0.15, 0.2) is 40.2 Å². The van der Waals surface area contributed by atoms with E-state index in [1.807, 2.05) is 18.2 Å². The van der Waals surface area contributed by atoms with Crippen molar-refractivity contribution in [3.63, 3.8) is 0 Å². The summed E-state index contributed by atoms with van der Waals surface area (Å²) in [6, 6.07) is 5.76. The summed E-state index contributed by atoms with van der Waals surface area (Å²) in [5.74, 6) is 0.781. The summed E-state index contributed by atoms with van der Waals surface area (Å²) in [7, 11) is 1.60.